The van der Waals surface area contributed by atoms with Gasteiger partial charge in [0.1, 0.15) is 6.54 Å². The van der Waals surface area contributed by atoms with Crippen LogP contribution in [0, 0.1) is 10.1 Å². The number of nitro benzene ring substituents is 1. The Labute approximate surface area is 193 Å². The number of amides is 1. The molecule has 0 aliphatic rings. The minimum absolute atomic E-state index is 0.0248. The van der Waals surface area contributed by atoms with Crippen LogP contribution in [0.15, 0.2) is 94.0 Å². The van der Waals surface area contributed by atoms with Crippen molar-refractivity contribution < 1.29 is 23.2 Å². The lowest BCUT2D eigenvalue weighted by atomic mass is 10.2. The molecule has 0 saturated heterocycles. The summed E-state index contributed by atoms with van der Waals surface area (Å²) in [5.74, 6) is -1.25. The minimum atomic E-state index is -4.27. The predicted molar refractivity (Wildman–Crippen MR) is 124 cm³/mol. The third kappa shape index (κ3) is 4.47. The summed E-state index contributed by atoms with van der Waals surface area (Å²) in [4.78, 5) is 25.8. The Bertz CT molecular complexity index is 1520. The molecule has 1 aromatic heterocycles. The molecule has 0 atom stereocenters. The number of hydrogen-bond donors (Lipinski definition) is 2. The molecule has 0 bridgehead atoms. The van der Waals surface area contributed by atoms with Gasteiger partial charge in [0.15, 0.2) is 5.69 Å². The summed E-state index contributed by atoms with van der Waals surface area (Å²) in [7, 11) is -4.27. The van der Waals surface area contributed by atoms with Gasteiger partial charge >= 0.3 is 0 Å². The van der Waals surface area contributed by atoms with Gasteiger partial charge < -0.3 is 10.1 Å². The molecule has 4 aromatic rings. The van der Waals surface area contributed by atoms with Crippen molar-refractivity contribution in [3.05, 3.63) is 89.0 Å². The Kier molecular flexibility index (Phi) is 6.06. The van der Waals surface area contributed by atoms with E-state index in [1.807, 2.05) is 0 Å². The van der Waals surface area contributed by atoms with Crippen LogP contribution < -0.4 is 4.31 Å². The maximum Gasteiger partial charge on any atom is 0.285 e. The monoisotopic (exact) mass is 479 g/mol. The van der Waals surface area contributed by atoms with Crippen LogP contribution in [-0.4, -0.2) is 35.9 Å². The largest absolute Gasteiger partial charge is 0.493 e. The Hall–Kier alpha value is -4.58. The van der Waals surface area contributed by atoms with Crippen molar-refractivity contribution in [2.75, 3.05) is 10.8 Å². The Morgan fingerprint density at radius 1 is 1.03 bits per heavy atom. The number of H-pyrrole nitrogens is 1. The molecule has 172 valence electrons. The zero-order valence-electron chi connectivity index (χ0n) is 17.4. The van der Waals surface area contributed by atoms with Gasteiger partial charge in [-0.05, 0) is 24.3 Å². The number of nitrogens with zero attached hydrogens (tertiary/aromatic N) is 4. The molecule has 0 spiro atoms. The number of aromatic hydroxyl groups is 1. The highest BCUT2D eigenvalue weighted by atomic mass is 32.2. The molecule has 0 unspecified atom stereocenters. The number of carbonyl (C=O) groups is 1. The van der Waals surface area contributed by atoms with Gasteiger partial charge in [-0.15, -0.1) is 10.2 Å². The SMILES string of the molecule is O=C(CN(c1cccc([N+](=O)[O-])c1)S(=O)(=O)c1ccccc1)N=Nc1c(O)[nH]c2ccccc12. The zero-order valence-corrected chi connectivity index (χ0v) is 18.2. The van der Waals surface area contributed by atoms with Crippen LogP contribution in [0.3, 0.4) is 0 Å². The zero-order chi connectivity index (χ0) is 24.3. The van der Waals surface area contributed by atoms with E-state index in [1.54, 1.807) is 30.3 Å². The third-order valence-electron chi connectivity index (χ3n) is 4.86. The van der Waals surface area contributed by atoms with Gasteiger partial charge in [0.2, 0.25) is 5.88 Å². The number of sulfonamides is 1. The number of benzene rings is 3. The molecule has 12 heteroatoms. The van der Waals surface area contributed by atoms with Gasteiger partial charge in [-0.25, -0.2) is 8.42 Å². The maximum atomic E-state index is 13.3. The lowest BCUT2D eigenvalue weighted by molar-refractivity contribution is -0.384. The fraction of sp³-hybridized carbons (Fsp3) is 0.0455. The third-order valence-corrected chi connectivity index (χ3v) is 6.65. The number of aromatic nitrogens is 1. The smallest absolute Gasteiger partial charge is 0.285 e. The van der Waals surface area contributed by atoms with E-state index in [0.29, 0.717) is 10.9 Å². The van der Waals surface area contributed by atoms with Gasteiger partial charge in [-0.2, -0.15) is 0 Å². The second-order valence-electron chi connectivity index (χ2n) is 7.06. The number of anilines is 1. The first kappa shape index (κ1) is 22.6. The molecule has 4 rings (SSSR count). The van der Waals surface area contributed by atoms with Crippen molar-refractivity contribution in [1.29, 1.82) is 0 Å². The van der Waals surface area contributed by atoms with Crippen molar-refractivity contribution in [2.24, 2.45) is 10.2 Å². The number of aromatic amines is 1. The normalized spacial score (nSPS) is 11.6. The number of rotatable bonds is 7. The van der Waals surface area contributed by atoms with E-state index in [2.05, 4.69) is 15.2 Å². The van der Waals surface area contributed by atoms with Crippen molar-refractivity contribution in [2.45, 2.75) is 4.90 Å². The highest BCUT2D eigenvalue weighted by Crippen LogP contribution is 2.35. The number of fused-ring (bicyclic) bond motifs is 1. The van der Waals surface area contributed by atoms with Crippen LogP contribution in [0.1, 0.15) is 0 Å². The van der Waals surface area contributed by atoms with Crippen LogP contribution in [0.4, 0.5) is 17.1 Å². The Morgan fingerprint density at radius 3 is 2.47 bits per heavy atom. The number of hydrogen-bond acceptors (Lipinski definition) is 7. The number of azo groups is 1. The molecule has 0 aliphatic carbocycles. The van der Waals surface area contributed by atoms with Crippen molar-refractivity contribution in [1.82, 2.24) is 4.98 Å². The van der Waals surface area contributed by atoms with Gasteiger partial charge in [-0.1, -0.05) is 42.5 Å². The molecular formula is C22H17N5O6S. The number of para-hydroxylation sites is 1. The molecule has 0 aliphatic heterocycles. The summed E-state index contributed by atoms with van der Waals surface area (Å²) in [6.45, 7) is -0.773. The molecule has 0 saturated carbocycles. The summed E-state index contributed by atoms with van der Waals surface area (Å²) in [6, 6.07) is 19.1. The van der Waals surface area contributed by atoms with Gasteiger partial charge in [-0.3, -0.25) is 19.2 Å². The molecular weight excluding hydrogens is 462 g/mol. The van der Waals surface area contributed by atoms with Crippen LogP contribution >= 0.6 is 0 Å². The van der Waals surface area contributed by atoms with Gasteiger partial charge in [0, 0.05) is 17.5 Å². The van der Waals surface area contributed by atoms with E-state index >= 15 is 0 Å². The van der Waals surface area contributed by atoms with E-state index in [0.717, 1.165) is 10.4 Å². The second-order valence-corrected chi connectivity index (χ2v) is 8.93. The van der Waals surface area contributed by atoms with E-state index in [1.165, 1.54) is 42.5 Å². The first-order valence-corrected chi connectivity index (χ1v) is 11.3. The average Bonchev–Trinajstić information content (AvgIpc) is 3.16. The standard InChI is InChI=1S/C22H17N5O6S/c28-20(24-25-21-18-11-4-5-12-19(18)23-22(21)29)14-26(15-7-6-8-16(13-15)27(30)31)34(32,33)17-9-2-1-3-10-17/h1-13,23,29H,14H2. The van der Waals surface area contributed by atoms with Crippen LogP contribution in [0.25, 0.3) is 10.9 Å². The van der Waals surface area contributed by atoms with Crippen molar-refractivity contribution >= 4 is 43.9 Å². The molecule has 1 heterocycles. The Balaban J connectivity index is 1.70. The molecule has 0 radical (unpaired) electrons. The highest BCUT2D eigenvalue weighted by Gasteiger charge is 2.28. The van der Waals surface area contributed by atoms with Crippen LogP contribution in [0.2, 0.25) is 0 Å². The molecule has 1 amide bonds. The van der Waals surface area contributed by atoms with Crippen LogP contribution in [-0.2, 0) is 14.8 Å². The summed E-state index contributed by atoms with van der Waals surface area (Å²) in [5.41, 5.74) is 0.170. The fourth-order valence-corrected chi connectivity index (χ4v) is 4.70. The number of nitro groups is 1. The van der Waals surface area contributed by atoms with E-state index in [9.17, 15) is 28.4 Å². The van der Waals surface area contributed by atoms with E-state index < -0.39 is 27.4 Å². The summed E-state index contributed by atoms with van der Waals surface area (Å²) in [6.07, 6.45) is 0. The topological polar surface area (TPSA) is 158 Å². The number of non-ortho nitro benzene ring substituents is 1. The lowest BCUT2D eigenvalue weighted by Crippen LogP contribution is -2.35. The van der Waals surface area contributed by atoms with Crippen molar-refractivity contribution in [3.8, 4) is 5.88 Å². The number of carbonyl (C=O) groups excluding carboxylic acids is 1. The summed E-state index contributed by atoms with van der Waals surface area (Å²) < 4.78 is 27.3. The van der Waals surface area contributed by atoms with E-state index in [4.69, 9.17) is 0 Å². The molecule has 34 heavy (non-hydrogen) atoms. The lowest BCUT2D eigenvalue weighted by Gasteiger charge is -2.22. The minimum Gasteiger partial charge on any atom is -0.493 e. The quantitative estimate of drug-likeness (QED) is 0.229. The van der Waals surface area contributed by atoms with E-state index in [-0.39, 0.29) is 27.8 Å². The van der Waals surface area contributed by atoms with Crippen LogP contribution in [0.5, 0.6) is 5.88 Å². The summed E-state index contributed by atoms with van der Waals surface area (Å²) in [5, 5.41) is 29.2. The molecule has 0 fully saturated rings. The molecule has 3 aromatic carbocycles. The molecule has 11 nitrogen and oxygen atoms in total. The second kappa shape index (κ2) is 9.11. The molecule has 2 N–H and O–H groups in total. The Morgan fingerprint density at radius 2 is 1.74 bits per heavy atom. The average molecular weight is 479 g/mol. The first-order chi connectivity index (χ1) is 16.3. The maximum absolute atomic E-state index is 13.3. The highest BCUT2D eigenvalue weighted by molar-refractivity contribution is 7.92. The summed E-state index contributed by atoms with van der Waals surface area (Å²) >= 11 is 0. The van der Waals surface area contributed by atoms with Gasteiger partial charge in [0.05, 0.1) is 21.0 Å². The first-order valence-electron chi connectivity index (χ1n) is 9.84. The number of nitrogens with one attached hydrogen (secondary N) is 1. The fourth-order valence-electron chi connectivity index (χ4n) is 3.27. The predicted octanol–water partition coefficient (Wildman–Crippen LogP) is 4.29. The van der Waals surface area contributed by atoms with Gasteiger partial charge in [0.25, 0.3) is 21.6 Å². The van der Waals surface area contributed by atoms with Crippen molar-refractivity contribution in [3.63, 3.8) is 0 Å².